The Morgan fingerprint density at radius 2 is 2.05 bits per heavy atom. The van der Waals surface area contributed by atoms with Gasteiger partial charge in [-0.15, -0.1) is 0 Å². The number of rotatable bonds is 3. The van der Waals surface area contributed by atoms with Crippen molar-refractivity contribution in [2.75, 3.05) is 12.4 Å². The molecule has 0 fully saturated rings. The first-order valence-electron chi connectivity index (χ1n) is 5.83. The molecular formula is C14H10BrClN2O3. The number of nitrogens with zero attached hydrogens (tertiary/aromatic N) is 1. The Hall–Kier alpha value is -1.92. The molecule has 1 aromatic carbocycles. The molecule has 108 valence electrons. The van der Waals surface area contributed by atoms with E-state index < -0.39 is 11.9 Å². The van der Waals surface area contributed by atoms with Crippen molar-refractivity contribution in [1.82, 2.24) is 4.98 Å². The third kappa shape index (κ3) is 3.40. The number of aromatic nitrogens is 1. The summed E-state index contributed by atoms with van der Waals surface area (Å²) in [5.74, 6) is -1.18. The minimum absolute atomic E-state index is 0.0274. The van der Waals surface area contributed by atoms with Crippen molar-refractivity contribution in [3.8, 4) is 0 Å². The van der Waals surface area contributed by atoms with E-state index in [0.29, 0.717) is 15.2 Å². The van der Waals surface area contributed by atoms with E-state index in [-0.39, 0.29) is 11.3 Å². The lowest BCUT2D eigenvalue weighted by Gasteiger charge is -2.09. The van der Waals surface area contributed by atoms with E-state index in [0.717, 1.165) is 0 Å². The van der Waals surface area contributed by atoms with Gasteiger partial charge >= 0.3 is 5.97 Å². The molecule has 0 saturated heterocycles. The Morgan fingerprint density at radius 1 is 1.29 bits per heavy atom. The Balaban J connectivity index is 2.33. The van der Waals surface area contributed by atoms with E-state index in [1.54, 1.807) is 24.3 Å². The minimum Gasteiger partial charge on any atom is -0.465 e. The van der Waals surface area contributed by atoms with E-state index in [1.165, 1.54) is 19.4 Å². The molecule has 0 saturated carbocycles. The summed E-state index contributed by atoms with van der Waals surface area (Å²) in [7, 11) is 1.24. The molecule has 0 aliphatic carbocycles. The number of nitrogens with one attached hydrogen (secondary N) is 1. The number of carbonyl (C=O) groups excluding carboxylic acids is 2. The molecule has 0 spiro atoms. The van der Waals surface area contributed by atoms with Gasteiger partial charge in [-0.1, -0.05) is 17.7 Å². The molecule has 1 heterocycles. The number of esters is 1. The number of pyridine rings is 1. The summed E-state index contributed by atoms with van der Waals surface area (Å²) in [4.78, 5) is 27.8. The highest BCUT2D eigenvalue weighted by atomic mass is 79.9. The number of anilines is 1. The van der Waals surface area contributed by atoms with Gasteiger partial charge < -0.3 is 10.1 Å². The topological polar surface area (TPSA) is 68.3 Å². The quantitative estimate of drug-likeness (QED) is 0.840. The van der Waals surface area contributed by atoms with Crippen LogP contribution in [0.1, 0.15) is 20.8 Å². The van der Waals surface area contributed by atoms with Crippen molar-refractivity contribution >= 4 is 45.1 Å². The van der Waals surface area contributed by atoms with Gasteiger partial charge in [-0.05, 0) is 40.2 Å². The van der Waals surface area contributed by atoms with Gasteiger partial charge in [0.05, 0.1) is 23.4 Å². The molecule has 0 aliphatic rings. The summed E-state index contributed by atoms with van der Waals surface area (Å²) >= 11 is 9.35. The molecule has 0 aliphatic heterocycles. The molecule has 1 N–H and O–H groups in total. The third-order valence-corrected chi connectivity index (χ3v) is 3.92. The van der Waals surface area contributed by atoms with Crippen LogP contribution in [0.15, 0.2) is 41.0 Å². The smallest absolute Gasteiger partial charge is 0.340 e. The second-order valence-electron chi connectivity index (χ2n) is 3.95. The number of methoxy groups -OCH3 is 1. The predicted octanol–water partition coefficient (Wildman–Crippen LogP) is 3.54. The first kappa shape index (κ1) is 15.5. The van der Waals surface area contributed by atoms with Crippen molar-refractivity contribution in [2.24, 2.45) is 0 Å². The molecule has 0 unspecified atom stereocenters. The Bertz CT molecular complexity index is 706. The van der Waals surface area contributed by atoms with Crippen LogP contribution in [0.4, 0.5) is 5.69 Å². The normalized spacial score (nSPS) is 10.0. The fourth-order valence-electron chi connectivity index (χ4n) is 1.64. The SMILES string of the molecule is COC(=O)c1cccnc1C(=O)Nc1cccc(Br)c1Cl. The number of hydrogen-bond acceptors (Lipinski definition) is 4. The number of hydrogen-bond donors (Lipinski definition) is 1. The highest BCUT2D eigenvalue weighted by Gasteiger charge is 2.19. The zero-order chi connectivity index (χ0) is 15.4. The van der Waals surface area contributed by atoms with E-state index in [9.17, 15) is 9.59 Å². The van der Waals surface area contributed by atoms with Crippen molar-refractivity contribution in [3.63, 3.8) is 0 Å². The first-order valence-corrected chi connectivity index (χ1v) is 7.00. The second-order valence-corrected chi connectivity index (χ2v) is 5.18. The minimum atomic E-state index is -0.631. The van der Waals surface area contributed by atoms with Crippen molar-refractivity contribution in [1.29, 1.82) is 0 Å². The molecule has 21 heavy (non-hydrogen) atoms. The zero-order valence-corrected chi connectivity index (χ0v) is 13.2. The van der Waals surface area contributed by atoms with E-state index in [1.807, 2.05) is 0 Å². The van der Waals surface area contributed by atoms with Crippen molar-refractivity contribution in [3.05, 3.63) is 57.3 Å². The van der Waals surface area contributed by atoms with Gasteiger partial charge in [-0.2, -0.15) is 0 Å². The van der Waals surface area contributed by atoms with Crippen LogP contribution < -0.4 is 5.32 Å². The summed E-state index contributed by atoms with van der Waals surface area (Å²) in [5.41, 5.74) is 0.474. The Morgan fingerprint density at radius 3 is 2.76 bits per heavy atom. The van der Waals surface area contributed by atoms with E-state index >= 15 is 0 Å². The maximum Gasteiger partial charge on any atom is 0.340 e. The lowest BCUT2D eigenvalue weighted by Crippen LogP contribution is -2.19. The number of benzene rings is 1. The predicted molar refractivity (Wildman–Crippen MR) is 82.7 cm³/mol. The number of ether oxygens (including phenoxy) is 1. The maximum absolute atomic E-state index is 12.3. The number of amides is 1. The summed E-state index contributed by atoms with van der Waals surface area (Å²) in [6.45, 7) is 0. The van der Waals surface area contributed by atoms with Crippen LogP contribution >= 0.6 is 27.5 Å². The Labute approximate surface area is 134 Å². The van der Waals surface area contributed by atoms with Crippen LogP contribution in [0.3, 0.4) is 0 Å². The first-order chi connectivity index (χ1) is 10.0. The fourth-order valence-corrected chi connectivity index (χ4v) is 2.18. The highest BCUT2D eigenvalue weighted by molar-refractivity contribution is 9.10. The summed E-state index contributed by atoms with van der Waals surface area (Å²) < 4.78 is 5.28. The van der Waals surface area contributed by atoms with Crippen LogP contribution in [0.25, 0.3) is 0 Å². The summed E-state index contributed by atoms with van der Waals surface area (Å²) in [5, 5.41) is 2.98. The molecular weight excluding hydrogens is 360 g/mol. The molecule has 7 heteroatoms. The average molecular weight is 370 g/mol. The van der Waals surface area contributed by atoms with Crippen molar-refractivity contribution < 1.29 is 14.3 Å². The highest BCUT2D eigenvalue weighted by Crippen LogP contribution is 2.30. The second kappa shape index (κ2) is 6.69. The molecule has 1 aromatic heterocycles. The maximum atomic E-state index is 12.3. The summed E-state index contributed by atoms with van der Waals surface area (Å²) in [6, 6.07) is 8.14. The van der Waals surface area contributed by atoms with Crippen LogP contribution in [0, 0.1) is 0 Å². The monoisotopic (exact) mass is 368 g/mol. The Kier molecular flexibility index (Phi) is 4.93. The van der Waals surface area contributed by atoms with Crippen molar-refractivity contribution in [2.45, 2.75) is 0 Å². The van der Waals surface area contributed by atoms with Gasteiger partial charge in [-0.25, -0.2) is 4.79 Å². The van der Waals surface area contributed by atoms with Crippen LogP contribution in [0.5, 0.6) is 0 Å². The largest absolute Gasteiger partial charge is 0.465 e. The average Bonchev–Trinajstić information content (AvgIpc) is 2.51. The van der Waals surface area contributed by atoms with E-state index in [4.69, 9.17) is 11.6 Å². The van der Waals surface area contributed by atoms with Gasteiger partial charge in [0.15, 0.2) is 0 Å². The third-order valence-electron chi connectivity index (χ3n) is 2.63. The van der Waals surface area contributed by atoms with Gasteiger partial charge in [0.1, 0.15) is 5.69 Å². The zero-order valence-electron chi connectivity index (χ0n) is 10.9. The molecule has 0 bridgehead atoms. The number of carbonyl (C=O) groups is 2. The van der Waals surface area contributed by atoms with Crippen LogP contribution in [0.2, 0.25) is 5.02 Å². The lowest BCUT2D eigenvalue weighted by molar-refractivity contribution is 0.0596. The molecule has 0 atom stereocenters. The molecule has 2 rings (SSSR count). The van der Waals surface area contributed by atoms with Crippen LogP contribution in [-0.2, 0) is 4.74 Å². The standard InChI is InChI=1S/C14H10BrClN2O3/c1-21-14(20)8-4-3-7-17-12(8)13(19)18-10-6-2-5-9(15)11(10)16/h2-7H,1H3,(H,18,19). The van der Waals surface area contributed by atoms with Gasteiger partial charge in [0, 0.05) is 10.7 Å². The molecule has 5 nitrogen and oxygen atoms in total. The van der Waals surface area contributed by atoms with E-state index in [2.05, 4.69) is 31.0 Å². The number of halogens is 2. The van der Waals surface area contributed by atoms with Gasteiger partial charge in [-0.3, -0.25) is 9.78 Å². The lowest BCUT2D eigenvalue weighted by atomic mass is 10.2. The molecule has 0 radical (unpaired) electrons. The molecule has 2 aromatic rings. The fraction of sp³-hybridized carbons (Fsp3) is 0.0714. The molecule has 1 amide bonds. The van der Waals surface area contributed by atoms with Gasteiger partial charge in [0.25, 0.3) is 5.91 Å². The van der Waals surface area contributed by atoms with Crippen LogP contribution in [-0.4, -0.2) is 24.0 Å². The summed E-state index contributed by atoms with van der Waals surface area (Å²) in [6.07, 6.45) is 1.42. The van der Waals surface area contributed by atoms with Gasteiger partial charge in [0.2, 0.25) is 0 Å².